The van der Waals surface area contributed by atoms with Gasteiger partial charge in [-0.05, 0) is 35.9 Å². The fourth-order valence-corrected chi connectivity index (χ4v) is 3.58. The average molecular weight is 431 g/mol. The van der Waals surface area contributed by atoms with Gasteiger partial charge in [0.2, 0.25) is 0 Å². The molecule has 0 saturated carbocycles. The van der Waals surface area contributed by atoms with E-state index in [1.807, 2.05) is 18.2 Å². The minimum Gasteiger partial charge on any atom is -0.348 e. The van der Waals surface area contributed by atoms with E-state index in [0.717, 1.165) is 5.56 Å². The second-order valence-electron chi connectivity index (χ2n) is 7.49. The minimum absolute atomic E-state index is 0.0928. The number of nitrogens with zero attached hydrogens (tertiary/aromatic N) is 2. The molecule has 0 aromatic heterocycles. The molecule has 1 heterocycles. The molecule has 4 rings (SSSR count). The quantitative estimate of drug-likeness (QED) is 0.610. The largest absolute Gasteiger partial charge is 0.348 e. The van der Waals surface area contributed by atoms with Gasteiger partial charge in [0, 0.05) is 43.0 Å². The van der Waals surface area contributed by atoms with E-state index in [1.165, 1.54) is 15.9 Å². The number of piperazine rings is 1. The number of rotatable bonds is 6. The molecule has 162 valence electrons. The zero-order valence-electron chi connectivity index (χ0n) is 17.3. The highest BCUT2D eigenvalue weighted by Gasteiger charge is 2.33. The number of nitrogens with one attached hydrogen (secondary N) is 1. The third-order valence-electron chi connectivity index (χ3n) is 5.36. The van der Waals surface area contributed by atoms with Gasteiger partial charge in [-0.3, -0.25) is 14.4 Å². The molecule has 32 heavy (non-hydrogen) atoms. The van der Waals surface area contributed by atoms with Crippen molar-refractivity contribution in [1.29, 1.82) is 0 Å². The highest BCUT2D eigenvalue weighted by atomic mass is 19.1. The maximum absolute atomic E-state index is 13.7. The smallest absolute Gasteiger partial charge is 0.316 e. The third-order valence-corrected chi connectivity index (χ3v) is 5.36. The molecular weight excluding hydrogens is 409 g/mol. The average Bonchev–Trinajstić information content (AvgIpc) is 2.82. The molecule has 1 aliphatic rings. The van der Waals surface area contributed by atoms with Gasteiger partial charge in [-0.25, -0.2) is 4.39 Å². The van der Waals surface area contributed by atoms with E-state index in [-0.39, 0.29) is 24.8 Å². The summed E-state index contributed by atoms with van der Waals surface area (Å²) in [6, 6.07) is 22.2. The number of hydrogen-bond donors (Lipinski definition) is 1. The summed E-state index contributed by atoms with van der Waals surface area (Å²) in [7, 11) is 0. The zero-order valence-corrected chi connectivity index (χ0v) is 17.3. The van der Waals surface area contributed by atoms with Gasteiger partial charge in [0.15, 0.2) is 0 Å². The third kappa shape index (κ3) is 4.67. The monoisotopic (exact) mass is 431 g/mol. The van der Waals surface area contributed by atoms with Crippen LogP contribution in [-0.2, 0) is 22.7 Å². The first-order chi connectivity index (χ1) is 15.5. The number of hydrogen-bond acceptors (Lipinski definition) is 3. The van der Waals surface area contributed by atoms with Crippen LogP contribution < -0.4 is 10.2 Å². The molecule has 1 saturated heterocycles. The molecule has 7 heteroatoms. The van der Waals surface area contributed by atoms with Crippen molar-refractivity contribution in [3.63, 3.8) is 0 Å². The second kappa shape index (κ2) is 9.43. The van der Waals surface area contributed by atoms with Gasteiger partial charge in [-0.15, -0.1) is 0 Å². The molecule has 3 aromatic carbocycles. The summed E-state index contributed by atoms with van der Waals surface area (Å²) in [6.45, 7) is 1.22. The van der Waals surface area contributed by atoms with E-state index in [2.05, 4.69) is 5.32 Å². The number of halogens is 1. The van der Waals surface area contributed by atoms with Gasteiger partial charge in [0.05, 0.1) is 0 Å². The molecule has 1 N–H and O–H groups in total. The summed E-state index contributed by atoms with van der Waals surface area (Å²) in [4.78, 5) is 40.5. The lowest BCUT2D eigenvalue weighted by Crippen LogP contribution is -2.54. The summed E-state index contributed by atoms with van der Waals surface area (Å²) >= 11 is 0. The highest BCUT2D eigenvalue weighted by Crippen LogP contribution is 2.19. The van der Waals surface area contributed by atoms with Crippen molar-refractivity contribution >= 4 is 23.4 Å². The first-order valence-corrected chi connectivity index (χ1v) is 10.3. The maximum Gasteiger partial charge on any atom is 0.316 e. The van der Waals surface area contributed by atoms with Crippen molar-refractivity contribution in [3.8, 4) is 0 Å². The number of carbonyl (C=O) groups excluding carboxylic acids is 3. The Hall–Kier alpha value is -4.00. The molecule has 0 unspecified atom stereocenters. The number of carbonyl (C=O) groups is 3. The van der Waals surface area contributed by atoms with Gasteiger partial charge in [-0.1, -0.05) is 48.5 Å². The van der Waals surface area contributed by atoms with Crippen LogP contribution in [0.4, 0.5) is 10.1 Å². The summed E-state index contributed by atoms with van der Waals surface area (Å²) in [5.74, 6) is -1.78. The zero-order chi connectivity index (χ0) is 22.5. The summed E-state index contributed by atoms with van der Waals surface area (Å²) in [5, 5.41) is 2.70. The Morgan fingerprint density at radius 2 is 1.53 bits per heavy atom. The highest BCUT2D eigenvalue weighted by molar-refractivity contribution is 6.40. The van der Waals surface area contributed by atoms with Gasteiger partial charge in [0.25, 0.3) is 5.91 Å². The Morgan fingerprint density at radius 1 is 0.844 bits per heavy atom. The number of anilines is 1. The molecule has 0 bridgehead atoms. The van der Waals surface area contributed by atoms with Crippen molar-refractivity contribution < 1.29 is 18.8 Å². The Bertz CT molecular complexity index is 1130. The lowest BCUT2D eigenvalue weighted by atomic mass is 10.1. The number of benzene rings is 3. The maximum atomic E-state index is 13.7. The Morgan fingerprint density at radius 3 is 2.25 bits per heavy atom. The normalized spacial score (nSPS) is 13.9. The first kappa shape index (κ1) is 21.2. The van der Waals surface area contributed by atoms with Crippen molar-refractivity contribution in [2.24, 2.45) is 0 Å². The van der Waals surface area contributed by atoms with Crippen LogP contribution in [0.2, 0.25) is 0 Å². The van der Waals surface area contributed by atoms with E-state index in [4.69, 9.17) is 0 Å². The van der Waals surface area contributed by atoms with Crippen LogP contribution in [0.15, 0.2) is 78.9 Å². The van der Waals surface area contributed by atoms with Crippen molar-refractivity contribution in [2.45, 2.75) is 13.1 Å². The van der Waals surface area contributed by atoms with Crippen molar-refractivity contribution in [1.82, 2.24) is 10.2 Å². The molecule has 0 spiro atoms. The molecular formula is C25H22FN3O3. The summed E-state index contributed by atoms with van der Waals surface area (Å²) in [5.41, 5.74) is 2.36. The molecule has 0 aliphatic carbocycles. The Labute approximate surface area is 185 Å². The molecule has 0 radical (unpaired) electrons. The standard InChI is InChI=1S/C25H22FN3O3/c26-22-9-5-4-6-20(22)16-27-23(30)19-12-10-18(11-13-19)17-28-14-15-29(25(32)24(28)31)21-7-2-1-3-8-21/h1-13H,14-17H2,(H,27,30). The second-order valence-corrected chi connectivity index (χ2v) is 7.49. The van der Waals surface area contributed by atoms with Crippen LogP contribution in [0, 0.1) is 5.82 Å². The van der Waals surface area contributed by atoms with E-state index in [1.54, 1.807) is 54.6 Å². The topological polar surface area (TPSA) is 69.7 Å². The van der Waals surface area contributed by atoms with E-state index < -0.39 is 11.8 Å². The van der Waals surface area contributed by atoms with Gasteiger partial charge in [-0.2, -0.15) is 0 Å². The fraction of sp³-hybridized carbons (Fsp3) is 0.160. The summed E-state index contributed by atoms with van der Waals surface area (Å²) < 4.78 is 13.7. The van der Waals surface area contributed by atoms with Crippen LogP contribution in [0.1, 0.15) is 21.5 Å². The molecule has 3 aromatic rings. The Kier molecular flexibility index (Phi) is 6.26. The minimum atomic E-state index is -0.549. The van der Waals surface area contributed by atoms with Crippen molar-refractivity contribution in [3.05, 3.63) is 101 Å². The predicted octanol–water partition coefficient (Wildman–Crippen LogP) is 3.13. The van der Waals surface area contributed by atoms with Gasteiger partial charge in [0.1, 0.15) is 5.82 Å². The SMILES string of the molecule is O=C(NCc1ccccc1F)c1ccc(CN2CCN(c3ccccc3)C(=O)C2=O)cc1. The van der Waals surface area contributed by atoms with E-state index >= 15 is 0 Å². The molecule has 0 atom stereocenters. The Balaban J connectivity index is 1.34. The molecule has 6 nitrogen and oxygen atoms in total. The predicted molar refractivity (Wildman–Crippen MR) is 118 cm³/mol. The van der Waals surface area contributed by atoms with E-state index in [0.29, 0.717) is 29.9 Å². The first-order valence-electron chi connectivity index (χ1n) is 10.3. The number of amides is 3. The van der Waals surface area contributed by atoms with Crippen LogP contribution in [0.5, 0.6) is 0 Å². The lowest BCUT2D eigenvalue weighted by Gasteiger charge is -2.33. The number of para-hydroxylation sites is 1. The van der Waals surface area contributed by atoms with Crippen molar-refractivity contribution in [2.75, 3.05) is 18.0 Å². The van der Waals surface area contributed by atoms with E-state index in [9.17, 15) is 18.8 Å². The van der Waals surface area contributed by atoms with Crippen LogP contribution in [0.25, 0.3) is 0 Å². The van der Waals surface area contributed by atoms with Gasteiger partial charge >= 0.3 is 11.8 Å². The van der Waals surface area contributed by atoms with Crippen LogP contribution in [0.3, 0.4) is 0 Å². The lowest BCUT2D eigenvalue weighted by molar-refractivity contribution is -0.146. The molecule has 3 amide bonds. The summed E-state index contributed by atoms with van der Waals surface area (Å²) in [6.07, 6.45) is 0. The molecule has 1 fully saturated rings. The molecule has 1 aliphatic heterocycles. The van der Waals surface area contributed by atoms with Crippen LogP contribution in [-0.4, -0.2) is 35.7 Å². The fourth-order valence-electron chi connectivity index (χ4n) is 3.58. The van der Waals surface area contributed by atoms with Gasteiger partial charge < -0.3 is 15.1 Å². The van der Waals surface area contributed by atoms with Crippen LogP contribution >= 0.6 is 0 Å².